The van der Waals surface area contributed by atoms with Crippen LogP contribution in [0.1, 0.15) is 0 Å². The molecule has 6 heteroatoms. The third kappa shape index (κ3) is 3.50. The molecule has 0 radical (unpaired) electrons. The Morgan fingerprint density at radius 1 is 0.762 bits per heavy atom. The average molecular weight is 281 g/mol. The summed E-state index contributed by atoms with van der Waals surface area (Å²) in [6.07, 6.45) is 1.39. The smallest absolute Gasteiger partial charge is 0.232 e. The molecular formula is C15H12FN5. The molecule has 0 aliphatic heterocycles. The van der Waals surface area contributed by atoms with Crippen molar-refractivity contribution in [2.45, 2.75) is 0 Å². The van der Waals surface area contributed by atoms with E-state index in [9.17, 15) is 4.39 Å². The number of anilines is 4. The van der Waals surface area contributed by atoms with Gasteiger partial charge in [-0.05, 0) is 30.3 Å². The van der Waals surface area contributed by atoms with E-state index in [1.54, 1.807) is 12.1 Å². The molecule has 1 aromatic heterocycles. The highest BCUT2D eigenvalue weighted by Crippen LogP contribution is 2.16. The first-order valence-corrected chi connectivity index (χ1v) is 6.33. The molecule has 2 aromatic carbocycles. The first kappa shape index (κ1) is 13.0. The number of rotatable bonds is 4. The van der Waals surface area contributed by atoms with Gasteiger partial charge in [-0.15, -0.1) is 0 Å². The van der Waals surface area contributed by atoms with E-state index in [1.807, 2.05) is 30.3 Å². The third-order valence-electron chi connectivity index (χ3n) is 2.68. The zero-order valence-electron chi connectivity index (χ0n) is 11.0. The van der Waals surface area contributed by atoms with Gasteiger partial charge in [-0.3, -0.25) is 0 Å². The van der Waals surface area contributed by atoms with Crippen molar-refractivity contribution < 1.29 is 4.39 Å². The topological polar surface area (TPSA) is 62.7 Å². The minimum absolute atomic E-state index is 0.323. The van der Waals surface area contributed by atoms with Crippen molar-refractivity contribution in [2.75, 3.05) is 10.6 Å². The molecule has 0 amide bonds. The molecule has 0 fully saturated rings. The fourth-order valence-electron chi connectivity index (χ4n) is 1.76. The molecule has 5 nitrogen and oxygen atoms in total. The number of benzene rings is 2. The van der Waals surface area contributed by atoms with Crippen molar-refractivity contribution in [3.05, 3.63) is 66.7 Å². The van der Waals surface area contributed by atoms with Crippen LogP contribution in [-0.4, -0.2) is 15.0 Å². The molecule has 0 saturated carbocycles. The molecule has 0 spiro atoms. The van der Waals surface area contributed by atoms with Crippen molar-refractivity contribution >= 4 is 23.3 Å². The lowest BCUT2D eigenvalue weighted by Crippen LogP contribution is -2.02. The Labute approximate surface area is 120 Å². The highest BCUT2D eigenvalue weighted by molar-refractivity contribution is 5.56. The maximum atomic E-state index is 13.1. The Morgan fingerprint density at radius 3 is 2.14 bits per heavy atom. The lowest BCUT2D eigenvalue weighted by molar-refractivity contribution is 0.628. The average Bonchev–Trinajstić information content (AvgIpc) is 2.49. The number of halogens is 1. The summed E-state index contributed by atoms with van der Waals surface area (Å²) in [4.78, 5) is 12.3. The molecule has 0 bridgehead atoms. The molecule has 104 valence electrons. The molecule has 0 atom stereocenters. The van der Waals surface area contributed by atoms with E-state index in [-0.39, 0.29) is 5.82 Å². The Hall–Kier alpha value is -3.02. The number of hydrogen-bond acceptors (Lipinski definition) is 5. The highest BCUT2D eigenvalue weighted by atomic mass is 19.1. The van der Waals surface area contributed by atoms with E-state index in [1.165, 1.54) is 18.5 Å². The standard InChI is InChI=1S/C15H12FN5/c16-11-5-4-8-13(9-11)20-15-18-10-17-14(21-15)19-12-6-2-1-3-7-12/h1-10H,(H2,17,18,19,20,21). The fourth-order valence-corrected chi connectivity index (χ4v) is 1.76. The Morgan fingerprint density at radius 2 is 1.43 bits per heavy atom. The number of nitrogens with zero attached hydrogens (tertiary/aromatic N) is 3. The Bertz CT molecular complexity index is 733. The first-order chi connectivity index (χ1) is 10.3. The van der Waals surface area contributed by atoms with Crippen LogP contribution >= 0.6 is 0 Å². The van der Waals surface area contributed by atoms with Crippen molar-refractivity contribution in [3.8, 4) is 0 Å². The van der Waals surface area contributed by atoms with Crippen LogP contribution < -0.4 is 10.6 Å². The summed E-state index contributed by atoms with van der Waals surface area (Å²) in [7, 11) is 0. The molecule has 1 heterocycles. The second-order valence-corrected chi connectivity index (χ2v) is 4.26. The molecule has 21 heavy (non-hydrogen) atoms. The fraction of sp³-hybridized carbons (Fsp3) is 0. The van der Waals surface area contributed by atoms with E-state index >= 15 is 0 Å². The van der Waals surface area contributed by atoms with Crippen LogP contribution in [0.25, 0.3) is 0 Å². The summed E-state index contributed by atoms with van der Waals surface area (Å²) in [6.45, 7) is 0. The van der Waals surface area contributed by atoms with Crippen molar-refractivity contribution in [2.24, 2.45) is 0 Å². The number of aromatic nitrogens is 3. The van der Waals surface area contributed by atoms with Crippen LogP contribution in [-0.2, 0) is 0 Å². The molecule has 0 aliphatic carbocycles. The highest BCUT2D eigenvalue weighted by Gasteiger charge is 2.02. The van der Waals surface area contributed by atoms with Gasteiger partial charge in [0.1, 0.15) is 12.1 Å². The maximum Gasteiger partial charge on any atom is 0.232 e. The molecule has 0 aliphatic rings. The van der Waals surface area contributed by atoms with Crippen LogP contribution in [0.2, 0.25) is 0 Å². The maximum absolute atomic E-state index is 13.1. The van der Waals surface area contributed by atoms with Gasteiger partial charge >= 0.3 is 0 Å². The molecule has 3 rings (SSSR count). The van der Waals surface area contributed by atoms with Gasteiger partial charge < -0.3 is 10.6 Å². The zero-order chi connectivity index (χ0) is 14.5. The summed E-state index contributed by atoms with van der Waals surface area (Å²) in [5.74, 6) is 0.431. The van der Waals surface area contributed by atoms with E-state index in [4.69, 9.17) is 0 Å². The summed E-state index contributed by atoms with van der Waals surface area (Å²) in [5.41, 5.74) is 1.45. The molecule has 0 unspecified atom stereocenters. The summed E-state index contributed by atoms with van der Waals surface area (Å²) >= 11 is 0. The molecule has 2 N–H and O–H groups in total. The summed E-state index contributed by atoms with van der Waals surface area (Å²) < 4.78 is 13.1. The lowest BCUT2D eigenvalue weighted by atomic mass is 10.3. The Balaban J connectivity index is 1.77. The normalized spacial score (nSPS) is 10.1. The van der Waals surface area contributed by atoms with Crippen LogP contribution in [0, 0.1) is 5.82 Å². The van der Waals surface area contributed by atoms with Crippen LogP contribution in [0.5, 0.6) is 0 Å². The van der Waals surface area contributed by atoms with Gasteiger partial charge in [0.15, 0.2) is 0 Å². The van der Waals surface area contributed by atoms with E-state index < -0.39 is 0 Å². The SMILES string of the molecule is Fc1cccc(Nc2ncnc(Nc3ccccc3)n2)c1. The van der Waals surface area contributed by atoms with Gasteiger partial charge in [0, 0.05) is 11.4 Å². The Kier molecular flexibility index (Phi) is 3.68. The number of nitrogens with one attached hydrogen (secondary N) is 2. The zero-order valence-corrected chi connectivity index (χ0v) is 11.0. The van der Waals surface area contributed by atoms with Gasteiger partial charge in [-0.25, -0.2) is 14.4 Å². The van der Waals surface area contributed by atoms with Crippen LogP contribution in [0.3, 0.4) is 0 Å². The van der Waals surface area contributed by atoms with E-state index in [0.717, 1.165) is 5.69 Å². The van der Waals surface area contributed by atoms with Gasteiger partial charge in [0.25, 0.3) is 0 Å². The van der Waals surface area contributed by atoms with Gasteiger partial charge in [-0.1, -0.05) is 24.3 Å². The minimum Gasteiger partial charge on any atom is -0.324 e. The summed E-state index contributed by atoms with van der Waals surface area (Å²) in [5, 5.41) is 5.99. The quantitative estimate of drug-likeness (QED) is 0.766. The minimum atomic E-state index is -0.323. The van der Waals surface area contributed by atoms with E-state index in [2.05, 4.69) is 25.6 Å². The van der Waals surface area contributed by atoms with Crippen molar-refractivity contribution in [3.63, 3.8) is 0 Å². The monoisotopic (exact) mass is 281 g/mol. The lowest BCUT2D eigenvalue weighted by Gasteiger charge is -2.07. The predicted octanol–water partition coefficient (Wildman–Crippen LogP) is 3.50. The second-order valence-electron chi connectivity index (χ2n) is 4.26. The van der Waals surface area contributed by atoms with Crippen molar-refractivity contribution in [1.29, 1.82) is 0 Å². The number of hydrogen-bond donors (Lipinski definition) is 2. The largest absolute Gasteiger partial charge is 0.324 e. The third-order valence-corrected chi connectivity index (χ3v) is 2.68. The second kappa shape index (κ2) is 5.96. The predicted molar refractivity (Wildman–Crippen MR) is 79.2 cm³/mol. The van der Waals surface area contributed by atoms with E-state index in [0.29, 0.717) is 17.6 Å². The first-order valence-electron chi connectivity index (χ1n) is 6.33. The van der Waals surface area contributed by atoms with Crippen LogP contribution in [0.15, 0.2) is 60.9 Å². The molecule has 3 aromatic rings. The molecular weight excluding hydrogens is 269 g/mol. The van der Waals surface area contributed by atoms with Gasteiger partial charge in [-0.2, -0.15) is 4.98 Å². The summed E-state index contributed by atoms with van der Waals surface area (Å²) in [6, 6.07) is 15.7. The van der Waals surface area contributed by atoms with Crippen molar-refractivity contribution in [1.82, 2.24) is 15.0 Å². The van der Waals surface area contributed by atoms with Gasteiger partial charge in [0.05, 0.1) is 0 Å². The number of para-hydroxylation sites is 1. The molecule has 0 saturated heterocycles. The van der Waals surface area contributed by atoms with Crippen LogP contribution in [0.4, 0.5) is 27.7 Å². The van der Waals surface area contributed by atoms with Gasteiger partial charge in [0.2, 0.25) is 11.9 Å².